The zero-order chi connectivity index (χ0) is 16.7. The summed E-state index contributed by atoms with van der Waals surface area (Å²) in [6.07, 6.45) is 3.36. The lowest BCUT2D eigenvalue weighted by Gasteiger charge is -2.17. The highest BCUT2D eigenvalue weighted by Crippen LogP contribution is 2.41. The van der Waals surface area contributed by atoms with E-state index in [0.29, 0.717) is 5.92 Å². The van der Waals surface area contributed by atoms with E-state index in [2.05, 4.69) is 24.3 Å². The van der Waals surface area contributed by atoms with Crippen molar-refractivity contribution in [3.05, 3.63) is 59.7 Å². The highest BCUT2D eigenvalue weighted by molar-refractivity contribution is 6.21. The second kappa shape index (κ2) is 6.15. The molecule has 3 nitrogen and oxygen atoms in total. The number of para-hydroxylation sites is 1. The zero-order valence-corrected chi connectivity index (χ0v) is 14.2. The van der Waals surface area contributed by atoms with Gasteiger partial charge in [-0.05, 0) is 36.1 Å². The molecule has 0 spiro atoms. The Bertz CT molecular complexity index is 886. The number of halogens is 1. The number of nitrogens with two attached hydrogens (primary N) is 1. The lowest BCUT2D eigenvalue weighted by molar-refractivity contribution is 0.282. The van der Waals surface area contributed by atoms with Crippen LogP contribution in [0, 0.1) is 0 Å². The average molecular weight is 341 g/mol. The lowest BCUT2D eigenvalue weighted by Crippen LogP contribution is -2.13. The number of aliphatic hydroxyl groups excluding tert-OH is 1. The maximum Gasteiger partial charge on any atom is 0.0732 e. The van der Waals surface area contributed by atoms with Gasteiger partial charge in [-0.2, -0.15) is 0 Å². The molecule has 0 saturated heterocycles. The van der Waals surface area contributed by atoms with E-state index in [9.17, 15) is 5.11 Å². The number of alkyl halides is 1. The Balaban J connectivity index is 1.89. The van der Waals surface area contributed by atoms with Crippen molar-refractivity contribution < 1.29 is 5.11 Å². The monoisotopic (exact) mass is 340 g/mol. The predicted molar refractivity (Wildman–Crippen MR) is 99.7 cm³/mol. The van der Waals surface area contributed by atoms with Crippen molar-refractivity contribution in [2.45, 2.75) is 37.2 Å². The molecule has 3 aromatic rings. The van der Waals surface area contributed by atoms with Crippen LogP contribution >= 0.6 is 11.6 Å². The van der Waals surface area contributed by atoms with Crippen LogP contribution in [0.2, 0.25) is 0 Å². The molecule has 4 heteroatoms. The number of fused-ring (bicyclic) bond motifs is 1. The molecule has 1 aromatic heterocycles. The number of hydrogen-bond acceptors (Lipinski definition) is 2. The summed E-state index contributed by atoms with van der Waals surface area (Å²) in [7, 11) is 0. The fourth-order valence-electron chi connectivity index (χ4n) is 3.93. The molecule has 1 saturated carbocycles. The fourth-order valence-corrected chi connectivity index (χ4v) is 4.34. The maximum absolute atomic E-state index is 9.38. The van der Waals surface area contributed by atoms with Gasteiger partial charge in [0, 0.05) is 22.2 Å². The largest absolute Gasteiger partial charge is 0.392 e. The number of hydrogen-bond donors (Lipinski definition) is 2. The Morgan fingerprint density at radius 1 is 1.12 bits per heavy atom. The molecule has 0 radical (unpaired) electrons. The van der Waals surface area contributed by atoms with E-state index in [1.165, 1.54) is 12.0 Å². The Morgan fingerprint density at radius 2 is 1.96 bits per heavy atom. The van der Waals surface area contributed by atoms with Gasteiger partial charge < -0.3 is 10.9 Å². The Labute approximate surface area is 146 Å². The first-order chi connectivity index (χ1) is 11.7. The molecule has 1 fully saturated rings. The van der Waals surface area contributed by atoms with Crippen LogP contribution in [0.5, 0.6) is 0 Å². The van der Waals surface area contributed by atoms with Gasteiger partial charge in [-0.25, -0.2) is 0 Å². The van der Waals surface area contributed by atoms with Crippen LogP contribution in [-0.4, -0.2) is 15.2 Å². The molecule has 124 valence electrons. The summed E-state index contributed by atoms with van der Waals surface area (Å²) in [5, 5.41) is 10.7. The highest BCUT2D eigenvalue weighted by Gasteiger charge is 2.29. The number of rotatable bonds is 3. The van der Waals surface area contributed by atoms with Gasteiger partial charge in [0.15, 0.2) is 0 Å². The highest BCUT2D eigenvalue weighted by atomic mass is 35.5. The predicted octanol–water partition coefficient (Wildman–Crippen LogP) is 4.39. The van der Waals surface area contributed by atoms with Crippen molar-refractivity contribution in [1.29, 1.82) is 0 Å². The molecular weight excluding hydrogens is 320 g/mol. The van der Waals surface area contributed by atoms with E-state index < -0.39 is 0 Å². The number of nitrogens with zero attached hydrogens (tertiary/aromatic N) is 1. The molecule has 2 unspecified atom stereocenters. The van der Waals surface area contributed by atoms with Gasteiger partial charge in [0.05, 0.1) is 17.8 Å². The van der Waals surface area contributed by atoms with Crippen LogP contribution in [0.25, 0.3) is 22.2 Å². The van der Waals surface area contributed by atoms with Crippen LogP contribution in [0.4, 0.5) is 0 Å². The summed E-state index contributed by atoms with van der Waals surface area (Å²) in [5.74, 6) is 6.85. The first-order valence-electron chi connectivity index (χ1n) is 8.42. The number of aliphatic hydroxyl groups is 1. The normalized spacial score (nSPS) is 20.8. The Hall–Kier alpha value is -1.97. The molecule has 0 bridgehead atoms. The molecule has 0 aliphatic heterocycles. The van der Waals surface area contributed by atoms with Crippen LogP contribution in [-0.2, 0) is 6.61 Å². The van der Waals surface area contributed by atoms with Crippen LogP contribution in [0.3, 0.4) is 0 Å². The first kappa shape index (κ1) is 15.6. The van der Waals surface area contributed by atoms with Gasteiger partial charge >= 0.3 is 0 Å². The summed E-state index contributed by atoms with van der Waals surface area (Å²) >= 11 is 6.55. The standard InChI is InChI=1S/C20H21ClN2O/c21-18-9-3-7-16(18)17-8-2-6-15-11-19(23(22)20(15)17)14-5-1-4-13(10-14)12-24/h1-2,4-6,8,10-11,16,18,24H,3,7,9,12,22H2. The molecule has 2 atom stereocenters. The summed E-state index contributed by atoms with van der Waals surface area (Å²) in [5.41, 5.74) is 5.17. The second-order valence-electron chi connectivity index (χ2n) is 6.60. The third kappa shape index (κ3) is 2.48. The average Bonchev–Trinajstić information content (AvgIpc) is 3.18. The van der Waals surface area contributed by atoms with Gasteiger partial charge in [0.1, 0.15) is 0 Å². The molecular formula is C20H21ClN2O. The molecule has 4 rings (SSSR count). The van der Waals surface area contributed by atoms with Crippen LogP contribution in [0.15, 0.2) is 48.5 Å². The SMILES string of the molecule is Nn1c(-c2cccc(CO)c2)cc2cccc(C3CCCC3Cl)c21. The summed E-state index contributed by atoms with van der Waals surface area (Å²) in [4.78, 5) is 0. The van der Waals surface area contributed by atoms with Gasteiger partial charge in [-0.15, -0.1) is 11.6 Å². The fraction of sp³-hybridized carbons (Fsp3) is 0.300. The van der Waals surface area contributed by atoms with Crippen molar-refractivity contribution in [3.63, 3.8) is 0 Å². The number of benzene rings is 2. The maximum atomic E-state index is 9.38. The van der Waals surface area contributed by atoms with Gasteiger partial charge in [-0.3, -0.25) is 4.68 Å². The Morgan fingerprint density at radius 3 is 2.71 bits per heavy atom. The topological polar surface area (TPSA) is 51.2 Å². The van der Waals surface area contributed by atoms with Crippen molar-refractivity contribution in [1.82, 2.24) is 4.68 Å². The quantitative estimate of drug-likeness (QED) is 0.549. The van der Waals surface area contributed by atoms with Crippen molar-refractivity contribution in [2.75, 3.05) is 5.84 Å². The van der Waals surface area contributed by atoms with Crippen LogP contribution in [0.1, 0.15) is 36.3 Å². The minimum Gasteiger partial charge on any atom is -0.392 e. The number of aromatic nitrogens is 1. The van der Waals surface area contributed by atoms with Gasteiger partial charge in [0.25, 0.3) is 0 Å². The molecule has 1 aliphatic carbocycles. The molecule has 1 heterocycles. The molecule has 3 N–H and O–H groups in total. The lowest BCUT2D eigenvalue weighted by atomic mass is 9.95. The van der Waals surface area contributed by atoms with E-state index in [0.717, 1.165) is 40.6 Å². The molecule has 1 aliphatic rings. The van der Waals surface area contributed by atoms with Crippen LogP contribution < -0.4 is 5.84 Å². The smallest absolute Gasteiger partial charge is 0.0732 e. The van der Waals surface area contributed by atoms with Gasteiger partial charge in [-0.1, -0.05) is 42.8 Å². The summed E-state index contributed by atoms with van der Waals surface area (Å²) < 4.78 is 1.78. The minimum atomic E-state index is 0.0277. The van der Waals surface area contributed by atoms with Crippen molar-refractivity contribution in [3.8, 4) is 11.3 Å². The van der Waals surface area contributed by atoms with Crippen molar-refractivity contribution in [2.24, 2.45) is 0 Å². The van der Waals surface area contributed by atoms with E-state index in [-0.39, 0.29) is 12.0 Å². The zero-order valence-electron chi connectivity index (χ0n) is 13.5. The summed E-state index contributed by atoms with van der Waals surface area (Å²) in [6.45, 7) is 0.0277. The third-order valence-electron chi connectivity index (χ3n) is 5.13. The van der Waals surface area contributed by atoms with E-state index in [1.54, 1.807) is 4.68 Å². The minimum absolute atomic E-state index is 0.0277. The van der Waals surface area contributed by atoms with Crippen molar-refractivity contribution >= 4 is 22.5 Å². The molecule has 2 aromatic carbocycles. The van der Waals surface area contributed by atoms with E-state index >= 15 is 0 Å². The molecule has 24 heavy (non-hydrogen) atoms. The van der Waals surface area contributed by atoms with Gasteiger partial charge in [0.2, 0.25) is 0 Å². The third-order valence-corrected chi connectivity index (χ3v) is 5.65. The molecule has 0 amide bonds. The van der Waals surface area contributed by atoms with E-state index in [1.807, 2.05) is 24.3 Å². The first-order valence-corrected chi connectivity index (χ1v) is 8.86. The number of nitrogen functional groups attached to an aromatic ring is 1. The Kier molecular flexibility index (Phi) is 3.99. The van der Waals surface area contributed by atoms with E-state index in [4.69, 9.17) is 17.4 Å². The second-order valence-corrected chi connectivity index (χ2v) is 7.16. The summed E-state index contributed by atoms with van der Waals surface area (Å²) in [6, 6.07) is 16.3.